The van der Waals surface area contributed by atoms with Crippen LogP contribution < -0.4 is 15.1 Å². The topological polar surface area (TPSA) is 64.6 Å². The molecular weight excluding hydrogens is 390 g/mol. The molecule has 0 unspecified atom stereocenters. The molecule has 7 nitrogen and oxygen atoms in total. The molecular formula is C21H26F2N6O. The molecule has 0 radical (unpaired) electrons. The summed E-state index contributed by atoms with van der Waals surface area (Å²) in [5.74, 6) is -0.205. The fraction of sp³-hybridized carbons (Fsp3) is 0.476. The van der Waals surface area contributed by atoms with Crippen molar-refractivity contribution >= 4 is 23.4 Å². The molecule has 0 atom stereocenters. The van der Waals surface area contributed by atoms with Crippen LogP contribution in [-0.4, -0.2) is 60.4 Å². The number of benzene rings is 1. The van der Waals surface area contributed by atoms with Crippen LogP contribution in [0.25, 0.3) is 0 Å². The fourth-order valence-corrected chi connectivity index (χ4v) is 3.87. The molecule has 3 heterocycles. The van der Waals surface area contributed by atoms with Crippen molar-refractivity contribution < 1.29 is 13.6 Å². The summed E-state index contributed by atoms with van der Waals surface area (Å²) in [6, 6.07) is 7.00. The summed E-state index contributed by atoms with van der Waals surface area (Å²) in [7, 11) is 0. The van der Waals surface area contributed by atoms with Gasteiger partial charge in [-0.1, -0.05) is 12.8 Å². The lowest BCUT2D eigenvalue weighted by Crippen LogP contribution is -2.50. The van der Waals surface area contributed by atoms with Gasteiger partial charge in [0.15, 0.2) is 23.3 Å². The van der Waals surface area contributed by atoms with E-state index in [9.17, 15) is 13.6 Å². The summed E-state index contributed by atoms with van der Waals surface area (Å²) in [6.45, 7) is 4.32. The van der Waals surface area contributed by atoms with Crippen LogP contribution in [0.5, 0.6) is 0 Å². The zero-order chi connectivity index (χ0) is 20.9. The Labute approximate surface area is 174 Å². The third-order valence-corrected chi connectivity index (χ3v) is 5.63. The van der Waals surface area contributed by atoms with Crippen molar-refractivity contribution in [2.45, 2.75) is 25.7 Å². The van der Waals surface area contributed by atoms with E-state index in [-0.39, 0.29) is 11.7 Å². The number of aromatic nitrogens is 2. The first kappa shape index (κ1) is 20.3. The van der Waals surface area contributed by atoms with Gasteiger partial charge in [0, 0.05) is 51.0 Å². The summed E-state index contributed by atoms with van der Waals surface area (Å²) >= 11 is 0. The van der Waals surface area contributed by atoms with Gasteiger partial charge in [-0.15, -0.1) is 10.2 Å². The van der Waals surface area contributed by atoms with Crippen LogP contribution >= 0.6 is 0 Å². The monoisotopic (exact) mass is 416 g/mol. The summed E-state index contributed by atoms with van der Waals surface area (Å²) < 4.78 is 26.3. The highest BCUT2D eigenvalue weighted by atomic mass is 19.2. The van der Waals surface area contributed by atoms with E-state index in [1.165, 1.54) is 31.7 Å². The number of piperazine rings is 1. The molecule has 0 spiro atoms. The number of nitrogens with zero attached hydrogens (tertiary/aromatic N) is 5. The Bertz CT molecular complexity index is 862. The molecule has 160 valence electrons. The van der Waals surface area contributed by atoms with E-state index in [4.69, 9.17) is 0 Å². The number of hydrogen-bond donors (Lipinski definition) is 1. The standard InChI is InChI=1S/C21H26F2N6O/c22-17-6-5-16(15-18(17)23)24-21(30)29-13-11-28(12-14-29)20-8-7-19(25-26-20)27-9-3-1-2-4-10-27/h5-8,15H,1-4,9-14H2,(H,24,30). The lowest BCUT2D eigenvalue weighted by Gasteiger charge is -2.35. The molecule has 1 aromatic carbocycles. The van der Waals surface area contributed by atoms with Crippen LogP contribution in [0.3, 0.4) is 0 Å². The van der Waals surface area contributed by atoms with Crippen LogP contribution in [-0.2, 0) is 0 Å². The van der Waals surface area contributed by atoms with Crippen LogP contribution in [0.1, 0.15) is 25.7 Å². The average Bonchev–Trinajstić information content (AvgIpc) is 3.06. The summed E-state index contributed by atoms with van der Waals surface area (Å²) in [4.78, 5) is 18.4. The number of hydrogen-bond acceptors (Lipinski definition) is 5. The molecule has 0 aliphatic carbocycles. The van der Waals surface area contributed by atoms with E-state index in [2.05, 4.69) is 25.3 Å². The van der Waals surface area contributed by atoms with Gasteiger partial charge in [0.2, 0.25) is 0 Å². The fourth-order valence-electron chi connectivity index (χ4n) is 3.87. The predicted molar refractivity (Wildman–Crippen MR) is 112 cm³/mol. The molecule has 1 aromatic heterocycles. The summed E-state index contributed by atoms with van der Waals surface area (Å²) in [5, 5.41) is 11.4. The van der Waals surface area contributed by atoms with E-state index in [1.807, 2.05) is 12.1 Å². The Morgan fingerprint density at radius 1 is 0.767 bits per heavy atom. The van der Waals surface area contributed by atoms with E-state index < -0.39 is 11.6 Å². The van der Waals surface area contributed by atoms with Crippen LogP contribution in [0.4, 0.5) is 30.9 Å². The number of carbonyl (C=O) groups is 1. The highest BCUT2D eigenvalue weighted by Gasteiger charge is 2.23. The van der Waals surface area contributed by atoms with Gasteiger partial charge in [-0.25, -0.2) is 13.6 Å². The van der Waals surface area contributed by atoms with Gasteiger partial charge in [0.25, 0.3) is 0 Å². The van der Waals surface area contributed by atoms with Gasteiger partial charge in [-0.05, 0) is 37.1 Å². The highest BCUT2D eigenvalue weighted by Crippen LogP contribution is 2.20. The number of rotatable bonds is 3. The molecule has 30 heavy (non-hydrogen) atoms. The Balaban J connectivity index is 1.30. The average molecular weight is 416 g/mol. The molecule has 2 aromatic rings. The molecule has 2 fully saturated rings. The lowest BCUT2D eigenvalue weighted by atomic mass is 10.2. The second-order valence-corrected chi connectivity index (χ2v) is 7.68. The molecule has 2 aliphatic rings. The minimum absolute atomic E-state index is 0.233. The number of urea groups is 1. The zero-order valence-electron chi connectivity index (χ0n) is 16.9. The van der Waals surface area contributed by atoms with Crippen LogP contribution in [0, 0.1) is 11.6 Å². The van der Waals surface area contributed by atoms with Crippen molar-refractivity contribution in [3.8, 4) is 0 Å². The number of carbonyl (C=O) groups excluding carboxylic acids is 1. The molecule has 2 amide bonds. The quantitative estimate of drug-likeness (QED) is 0.830. The maximum Gasteiger partial charge on any atom is 0.321 e. The number of halogens is 2. The minimum Gasteiger partial charge on any atom is -0.355 e. The van der Waals surface area contributed by atoms with Crippen molar-refractivity contribution in [2.24, 2.45) is 0 Å². The molecule has 9 heteroatoms. The van der Waals surface area contributed by atoms with Crippen LogP contribution in [0.2, 0.25) is 0 Å². The maximum atomic E-state index is 13.3. The number of amides is 2. The number of anilines is 3. The second kappa shape index (κ2) is 9.23. The first-order valence-corrected chi connectivity index (χ1v) is 10.4. The van der Waals surface area contributed by atoms with Gasteiger partial charge in [-0.3, -0.25) is 0 Å². The first-order valence-electron chi connectivity index (χ1n) is 10.4. The molecule has 0 saturated carbocycles. The summed E-state index contributed by atoms with van der Waals surface area (Å²) in [5.41, 5.74) is 0.233. The van der Waals surface area contributed by atoms with Crippen molar-refractivity contribution in [1.82, 2.24) is 15.1 Å². The normalized spacial score (nSPS) is 17.6. The molecule has 2 aliphatic heterocycles. The van der Waals surface area contributed by atoms with E-state index in [0.29, 0.717) is 26.2 Å². The summed E-state index contributed by atoms with van der Waals surface area (Å²) in [6.07, 6.45) is 4.93. The third-order valence-electron chi connectivity index (χ3n) is 5.63. The molecule has 1 N–H and O–H groups in total. The van der Waals surface area contributed by atoms with E-state index >= 15 is 0 Å². The maximum absolute atomic E-state index is 13.3. The van der Waals surface area contributed by atoms with E-state index in [1.54, 1.807) is 4.90 Å². The predicted octanol–water partition coefficient (Wildman–Crippen LogP) is 3.49. The van der Waals surface area contributed by atoms with E-state index in [0.717, 1.165) is 36.9 Å². The van der Waals surface area contributed by atoms with Gasteiger partial charge < -0.3 is 20.0 Å². The smallest absolute Gasteiger partial charge is 0.321 e. The Kier molecular flexibility index (Phi) is 6.25. The van der Waals surface area contributed by atoms with Crippen molar-refractivity contribution in [1.29, 1.82) is 0 Å². The van der Waals surface area contributed by atoms with Crippen molar-refractivity contribution in [3.63, 3.8) is 0 Å². The largest absolute Gasteiger partial charge is 0.355 e. The molecule has 2 saturated heterocycles. The van der Waals surface area contributed by atoms with Crippen molar-refractivity contribution in [2.75, 3.05) is 54.4 Å². The van der Waals surface area contributed by atoms with Gasteiger partial charge >= 0.3 is 6.03 Å². The Morgan fingerprint density at radius 3 is 1.93 bits per heavy atom. The zero-order valence-corrected chi connectivity index (χ0v) is 16.9. The second-order valence-electron chi connectivity index (χ2n) is 7.68. The molecule has 4 rings (SSSR count). The number of nitrogens with one attached hydrogen (secondary N) is 1. The Hall–Kier alpha value is -2.97. The first-order chi connectivity index (χ1) is 14.6. The van der Waals surface area contributed by atoms with Crippen LogP contribution in [0.15, 0.2) is 30.3 Å². The minimum atomic E-state index is -0.986. The molecule has 0 bridgehead atoms. The Morgan fingerprint density at radius 2 is 1.37 bits per heavy atom. The lowest BCUT2D eigenvalue weighted by molar-refractivity contribution is 0.208. The van der Waals surface area contributed by atoms with Gasteiger partial charge in [0.1, 0.15) is 0 Å². The SMILES string of the molecule is O=C(Nc1ccc(F)c(F)c1)N1CCN(c2ccc(N3CCCCCC3)nn2)CC1. The third kappa shape index (κ3) is 4.77. The van der Waals surface area contributed by atoms with Gasteiger partial charge in [-0.2, -0.15) is 0 Å². The highest BCUT2D eigenvalue weighted by molar-refractivity contribution is 5.89. The van der Waals surface area contributed by atoms with Gasteiger partial charge in [0.05, 0.1) is 0 Å². The van der Waals surface area contributed by atoms with Crippen molar-refractivity contribution in [3.05, 3.63) is 42.0 Å².